The van der Waals surface area contributed by atoms with Crippen LogP contribution in [-0.2, 0) is 22.4 Å². The van der Waals surface area contributed by atoms with Crippen molar-refractivity contribution in [3.8, 4) is 33.8 Å². The zero-order valence-electron chi connectivity index (χ0n) is 33.3. The SMILES string of the molecule is COc1cc2c(c(OC)c1C)-c1ccc(C)c(=O)cc1[C@@H](NC(=O)CCCCC(=O)N[C@H]1CCc3cc(C)c(C)c(C)c3-c3ccc(SC)c(=O)cc31)CC2. The Morgan fingerprint density at radius 2 is 1.24 bits per heavy atom. The van der Waals surface area contributed by atoms with Crippen LogP contribution >= 0.6 is 11.8 Å². The molecule has 4 aromatic carbocycles. The molecule has 0 aliphatic heterocycles. The second-order valence-corrected chi connectivity index (χ2v) is 15.8. The van der Waals surface area contributed by atoms with Crippen LogP contribution in [0.5, 0.6) is 11.5 Å². The van der Waals surface area contributed by atoms with Crippen molar-refractivity contribution in [2.45, 2.75) is 103 Å². The van der Waals surface area contributed by atoms with Gasteiger partial charge in [-0.3, -0.25) is 19.2 Å². The van der Waals surface area contributed by atoms with Gasteiger partial charge in [0.1, 0.15) is 11.5 Å². The van der Waals surface area contributed by atoms with Gasteiger partial charge < -0.3 is 20.1 Å². The van der Waals surface area contributed by atoms with Crippen LogP contribution in [0.25, 0.3) is 22.3 Å². The topological polar surface area (TPSA) is 111 Å². The highest BCUT2D eigenvalue weighted by atomic mass is 32.2. The lowest BCUT2D eigenvalue weighted by Gasteiger charge is -2.20. The smallest absolute Gasteiger partial charge is 0.220 e. The van der Waals surface area contributed by atoms with Crippen molar-refractivity contribution in [2.24, 2.45) is 0 Å². The molecule has 288 valence electrons. The van der Waals surface area contributed by atoms with Crippen molar-refractivity contribution < 1.29 is 19.1 Å². The third kappa shape index (κ3) is 8.08. The van der Waals surface area contributed by atoms with Crippen molar-refractivity contribution in [3.63, 3.8) is 0 Å². The monoisotopic (exact) mass is 760 g/mol. The summed E-state index contributed by atoms with van der Waals surface area (Å²) < 4.78 is 11.6. The van der Waals surface area contributed by atoms with E-state index in [1.165, 1.54) is 34.0 Å². The van der Waals surface area contributed by atoms with Gasteiger partial charge >= 0.3 is 0 Å². The predicted octanol–water partition coefficient (Wildman–Crippen LogP) is 8.49. The van der Waals surface area contributed by atoms with Gasteiger partial charge in [-0.25, -0.2) is 0 Å². The molecular weight excluding hydrogens is 709 g/mol. The molecule has 2 N–H and O–H groups in total. The average molecular weight is 761 g/mol. The molecule has 2 aliphatic carbocycles. The van der Waals surface area contributed by atoms with Crippen LogP contribution in [0.3, 0.4) is 0 Å². The van der Waals surface area contributed by atoms with E-state index < -0.39 is 0 Å². The van der Waals surface area contributed by atoms with E-state index in [0.29, 0.717) is 48.3 Å². The number of fused-ring (bicyclic) bond motifs is 6. The van der Waals surface area contributed by atoms with Crippen molar-refractivity contribution in [2.75, 3.05) is 20.5 Å². The summed E-state index contributed by atoms with van der Waals surface area (Å²) in [7, 11) is 3.28. The number of benzene rings is 2. The number of carbonyl (C=O) groups is 2. The molecule has 6 rings (SSSR count). The molecule has 0 saturated heterocycles. The highest BCUT2D eigenvalue weighted by Gasteiger charge is 2.29. The maximum atomic E-state index is 13.5. The number of rotatable bonds is 10. The van der Waals surface area contributed by atoms with Crippen LogP contribution in [0, 0.1) is 34.6 Å². The summed E-state index contributed by atoms with van der Waals surface area (Å²) in [5.74, 6) is 1.19. The molecular formula is C46H52N2O6S. The fourth-order valence-electron chi connectivity index (χ4n) is 8.34. The summed E-state index contributed by atoms with van der Waals surface area (Å²) in [6.07, 6.45) is 6.19. The Balaban J connectivity index is 1.15. The van der Waals surface area contributed by atoms with Gasteiger partial charge in [0.15, 0.2) is 10.9 Å². The van der Waals surface area contributed by atoms with Crippen molar-refractivity contribution in [1.82, 2.24) is 10.6 Å². The molecule has 0 bridgehead atoms. The number of aryl methyl sites for hydroxylation is 4. The van der Waals surface area contributed by atoms with Gasteiger partial charge in [-0.05, 0) is 165 Å². The van der Waals surface area contributed by atoms with E-state index in [2.05, 4.69) is 37.5 Å². The number of nitrogens with one attached hydrogen (secondary N) is 2. The van der Waals surface area contributed by atoms with Gasteiger partial charge in [-0.1, -0.05) is 24.3 Å². The highest BCUT2D eigenvalue weighted by molar-refractivity contribution is 7.98. The van der Waals surface area contributed by atoms with E-state index in [1.54, 1.807) is 33.3 Å². The number of amides is 2. The fraction of sp³-hybridized carbons (Fsp3) is 0.391. The maximum absolute atomic E-state index is 13.5. The van der Waals surface area contributed by atoms with Gasteiger partial charge in [-0.2, -0.15) is 0 Å². The number of hydrogen-bond donors (Lipinski definition) is 2. The van der Waals surface area contributed by atoms with E-state index in [1.807, 2.05) is 43.5 Å². The van der Waals surface area contributed by atoms with Gasteiger partial charge in [0, 0.05) is 24.0 Å². The lowest BCUT2D eigenvalue weighted by molar-refractivity contribution is -0.123. The van der Waals surface area contributed by atoms with E-state index in [9.17, 15) is 19.2 Å². The molecule has 0 radical (unpaired) electrons. The Kier molecular flexibility index (Phi) is 12.2. The third-order valence-electron chi connectivity index (χ3n) is 11.6. The molecule has 0 unspecified atom stereocenters. The Labute approximate surface area is 328 Å². The standard InChI is InChI=1S/C46H52N2O6S/c1-25-13-16-33-34(23-38(25)49)36(19-15-31-22-40(53-6)29(5)46(54-7)45(31)33)47-42(51)11-9-10-12-43(52)48-37-18-14-30-21-26(2)27(3)28(4)44(30)32-17-20-41(55-8)39(50)24-35(32)37/h13,16-17,20-24,36-37H,9-12,14-15,18-19H2,1-8H3,(H,47,51)(H,48,52)/t36-,37-/m0/s1. The summed E-state index contributed by atoms with van der Waals surface area (Å²) in [6.45, 7) is 10.2. The summed E-state index contributed by atoms with van der Waals surface area (Å²) in [5, 5.41) is 6.48. The predicted molar refractivity (Wildman–Crippen MR) is 222 cm³/mol. The molecule has 0 spiro atoms. The molecule has 0 fully saturated rings. The van der Waals surface area contributed by atoms with Crippen molar-refractivity contribution in [1.29, 1.82) is 0 Å². The van der Waals surface area contributed by atoms with Gasteiger partial charge in [-0.15, -0.1) is 11.8 Å². The Hall–Kier alpha value is -4.89. The first-order valence-electron chi connectivity index (χ1n) is 19.2. The van der Waals surface area contributed by atoms with Gasteiger partial charge in [0.2, 0.25) is 11.8 Å². The number of unbranched alkanes of at least 4 members (excludes halogenated alkanes) is 1. The zero-order chi connectivity index (χ0) is 39.6. The number of methoxy groups -OCH3 is 2. The summed E-state index contributed by atoms with van der Waals surface area (Å²) in [5.41, 5.74) is 12.8. The second kappa shape index (κ2) is 16.9. The Morgan fingerprint density at radius 3 is 1.82 bits per heavy atom. The van der Waals surface area contributed by atoms with Gasteiger partial charge in [0.05, 0.1) is 31.2 Å². The minimum atomic E-state index is -0.386. The van der Waals surface area contributed by atoms with E-state index in [-0.39, 0.29) is 47.6 Å². The number of thioether (sulfide) groups is 1. The Morgan fingerprint density at radius 1 is 0.673 bits per heavy atom. The van der Waals surface area contributed by atoms with Crippen LogP contribution < -0.4 is 31.0 Å². The van der Waals surface area contributed by atoms with Crippen LogP contribution in [-0.4, -0.2) is 32.3 Å². The molecule has 0 heterocycles. The quantitative estimate of drug-likeness (QED) is 0.123. The van der Waals surface area contributed by atoms with Crippen LogP contribution in [0.2, 0.25) is 0 Å². The molecule has 2 amide bonds. The molecule has 8 nitrogen and oxygen atoms in total. The lowest BCUT2D eigenvalue weighted by Crippen LogP contribution is -2.30. The Bertz CT molecular complexity index is 2300. The third-order valence-corrected chi connectivity index (χ3v) is 12.4. The van der Waals surface area contributed by atoms with E-state index in [4.69, 9.17) is 9.47 Å². The van der Waals surface area contributed by atoms with Crippen LogP contribution in [0.4, 0.5) is 0 Å². The molecule has 0 aromatic heterocycles. The lowest BCUT2D eigenvalue weighted by atomic mass is 9.88. The molecule has 9 heteroatoms. The second-order valence-electron chi connectivity index (χ2n) is 14.9. The molecule has 55 heavy (non-hydrogen) atoms. The summed E-state index contributed by atoms with van der Waals surface area (Å²) in [6, 6.07) is 14.7. The largest absolute Gasteiger partial charge is 0.496 e. The van der Waals surface area contributed by atoms with E-state index in [0.717, 1.165) is 56.7 Å². The first-order valence-corrected chi connectivity index (χ1v) is 20.4. The zero-order valence-corrected chi connectivity index (χ0v) is 34.1. The molecule has 2 atom stereocenters. The number of carbonyl (C=O) groups excluding carboxylic acids is 2. The highest BCUT2D eigenvalue weighted by Crippen LogP contribution is 2.46. The average Bonchev–Trinajstić information content (AvgIpc) is 3.54. The molecule has 0 saturated carbocycles. The fourth-order valence-corrected chi connectivity index (χ4v) is 8.81. The maximum Gasteiger partial charge on any atom is 0.220 e. The molecule has 4 aromatic rings. The van der Waals surface area contributed by atoms with E-state index >= 15 is 0 Å². The molecule has 2 aliphatic rings. The van der Waals surface area contributed by atoms with Crippen LogP contribution in [0.1, 0.15) is 101 Å². The first kappa shape index (κ1) is 39.8. The van der Waals surface area contributed by atoms with Crippen molar-refractivity contribution >= 4 is 23.6 Å². The normalized spacial score (nSPS) is 15.6. The summed E-state index contributed by atoms with van der Waals surface area (Å²) in [4.78, 5) is 54.0. The van der Waals surface area contributed by atoms with Gasteiger partial charge in [0.25, 0.3) is 0 Å². The minimum Gasteiger partial charge on any atom is -0.496 e. The van der Waals surface area contributed by atoms with Crippen molar-refractivity contribution in [3.05, 3.63) is 119 Å². The number of hydrogen-bond acceptors (Lipinski definition) is 7. The number of ether oxygens (including phenoxy) is 2. The summed E-state index contributed by atoms with van der Waals surface area (Å²) >= 11 is 1.43. The first-order chi connectivity index (χ1) is 26.4. The minimum absolute atomic E-state index is 0.0477. The van der Waals surface area contributed by atoms with Crippen LogP contribution in [0.15, 0.2) is 63.0 Å².